The SMILES string of the molecule is C=CCCNC(=C)C(/C=C\C(C)CN(CC/C(=C/CC)CCC)C(=C)C)=C/CC. The summed E-state index contributed by atoms with van der Waals surface area (Å²) < 4.78 is 0. The molecule has 0 amide bonds. The molecule has 0 bridgehead atoms. The lowest BCUT2D eigenvalue weighted by Gasteiger charge is -2.27. The molecule has 0 heterocycles. The lowest BCUT2D eigenvalue weighted by atomic mass is 10.0. The molecule has 1 N–H and O–H groups in total. The molecule has 0 radical (unpaired) electrons. The second kappa shape index (κ2) is 16.9. The van der Waals surface area contributed by atoms with Crippen molar-refractivity contribution < 1.29 is 0 Å². The maximum Gasteiger partial charge on any atom is 0.0337 e. The number of hydrogen-bond acceptors (Lipinski definition) is 2. The Labute approximate surface area is 181 Å². The molecule has 0 aliphatic rings. The van der Waals surface area contributed by atoms with Crippen molar-refractivity contribution in [3.8, 4) is 0 Å². The molecule has 0 saturated carbocycles. The Balaban J connectivity index is 4.90. The summed E-state index contributed by atoms with van der Waals surface area (Å²) in [4.78, 5) is 2.43. The Hall–Kier alpha value is -1.96. The van der Waals surface area contributed by atoms with E-state index >= 15 is 0 Å². The summed E-state index contributed by atoms with van der Waals surface area (Å²) in [6.45, 7) is 26.1. The van der Waals surface area contributed by atoms with Gasteiger partial charge in [-0.1, -0.05) is 83.2 Å². The van der Waals surface area contributed by atoms with Gasteiger partial charge in [0.25, 0.3) is 0 Å². The molecule has 0 aromatic carbocycles. The minimum absolute atomic E-state index is 0.442. The second-order valence-corrected chi connectivity index (χ2v) is 7.84. The fourth-order valence-electron chi connectivity index (χ4n) is 3.27. The summed E-state index contributed by atoms with van der Waals surface area (Å²) in [6.07, 6.45) is 17.7. The molecule has 164 valence electrons. The minimum Gasteiger partial charge on any atom is -0.385 e. The van der Waals surface area contributed by atoms with E-state index in [1.165, 1.54) is 18.4 Å². The standard InChI is InChI=1S/C27H46N2/c1-9-13-20-28-25(8)27(16-12-4)18-17-24(7)22-29(23(5)6)21-19-26(14-10-2)15-11-3/h9,14,16-18,24,28H,1,5,8,10-13,15,19-22H2,2-4,6-7H3/b18-17-,26-14+,27-16+. The molecule has 0 aromatic heterocycles. The van der Waals surface area contributed by atoms with E-state index in [0.29, 0.717) is 5.92 Å². The summed E-state index contributed by atoms with van der Waals surface area (Å²) in [7, 11) is 0. The Morgan fingerprint density at radius 3 is 2.31 bits per heavy atom. The topological polar surface area (TPSA) is 15.3 Å². The number of hydrogen-bond donors (Lipinski definition) is 1. The lowest BCUT2D eigenvalue weighted by Crippen LogP contribution is -2.27. The molecular formula is C27H46N2. The molecule has 29 heavy (non-hydrogen) atoms. The summed E-state index contributed by atoms with van der Waals surface area (Å²) in [5.41, 5.74) is 4.90. The van der Waals surface area contributed by atoms with Crippen LogP contribution in [0.2, 0.25) is 0 Å². The highest BCUT2D eigenvalue weighted by Crippen LogP contribution is 2.16. The highest BCUT2D eigenvalue weighted by Gasteiger charge is 2.09. The van der Waals surface area contributed by atoms with Crippen molar-refractivity contribution in [3.63, 3.8) is 0 Å². The molecule has 1 unspecified atom stereocenters. The van der Waals surface area contributed by atoms with Gasteiger partial charge in [0.2, 0.25) is 0 Å². The van der Waals surface area contributed by atoms with E-state index < -0.39 is 0 Å². The van der Waals surface area contributed by atoms with Crippen molar-refractivity contribution in [1.82, 2.24) is 10.2 Å². The third kappa shape index (κ3) is 13.0. The van der Waals surface area contributed by atoms with Gasteiger partial charge in [-0.3, -0.25) is 0 Å². The van der Waals surface area contributed by atoms with Gasteiger partial charge < -0.3 is 10.2 Å². The predicted octanol–water partition coefficient (Wildman–Crippen LogP) is 7.56. The van der Waals surface area contributed by atoms with Gasteiger partial charge >= 0.3 is 0 Å². The smallest absolute Gasteiger partial charge is 0.0337 e. The largest absolute Gasteiger partial charge is 0.385 e. The average Bonchev–Trinajstić information content (AvgIpc) is 2.68. The van der Waals surface area contributed by atoms with Gasteiger partial charge in [0.1, 0.15) is 0 Å². The summed E-state index contributed by atoms with van der Waals surface area (Å²) in [5.74, 6) is 0.442. The normalized spacial score (nSPS) is 13.4. The van der Waals surface area contributed by atoms with Crippen LogP contribution in [0.25, 0.3) is 0 Å². The van der Waals surface area contributed by atoms with Crippen LogP contribution in [-0.4, -0.2) is 24.5 Å². The van der Waals surface area contributed by atoms with E-state index in [1.54, 1.807) is 5.57 Å². The van der Waals surface area contributed by atoms with Crippen molar-refractivity contribution in [2.45, 2.75) is 73.1 Å². The highest BCUT2D eigenvalue weighted by atomic mass is 15.1. The molecule has 0 rings (SSSR count). The number of allylic oxidation sites excluding steroid dienone is 4. The monoisotopic (exact) mass is 398 g/mol. The van der Waals surface area contributed by atoms with Gasteiger partial charge in [0.05, 0.1) is 0 Å². The zero-order valence-corrected chi connectivity index (χ0v) is 19.9. The van der Waals surface area contributed by atoms with E-state index in [0.717, 1.165) is 56.7 Å². The molecule has 2 nitrogen and oxygen atoms in total. The van der Waals surface area contributed by atoms with E-state index in [2.05, 4.69) is 88.9 Å². The average molecular weight is 399 g/mol. The molecule has 0 fully saturated rings. The first-order valence-electron chi connectivity index (χ1n) is 11.4. The van der Waals surface area contributed by atoms with Crippen LogP contribution in [0.3, 0.4) is 0 Å². The van der Waals surface area contributed by atoms with Crippen LogP contribution in [0.1, 0.15) is 73.1 Å². The Bertz CT molecular complexity index is 577. The van der Waals surface area contributed by atoms with Gasteiger partial charge in [-0.15, -0.1) is 6.58 Å². The van der Waals surface area contributed by atoms with Crippen LogP contribution in [0.15, 0.2) is 72.7 Å². The van der Waals surface area contributed by atoms with Crippen molar-refractivity contribution in [2.75, 3.05) is 19.6 Å². The fraction of sp³-hybridized carbons (Fsp3) is 0.556. The first-order chi connectivity index (χ1) is 13.9. The molecule has 0 aromatic rings. The summed E-state index contributed by atoms with van der Waals surface area (Å²) in [5, 5.41) is 3.39. The number of rotatable bonds is 17. The Kier molecular flexibility index (Phi) is 15.8. The van der Waals surface area contributed by atoms with Crippen LogP contribution in [0.5, 0.6) is 0 Å². The second-order valence-electron chi connectivity index (χ2n) is 7.84. The molecular weight excluding hydrogens is 352 g/mol. The van der Waals surface area contributed by atoms with Crippen LogP contribution < -0.4 is 5.32 Å². The summed E-state index contributed by atoms with van der Waals surface area (Å²) in [6, 6.07) is 0. The van der Waals surface area contributed by atoms with Gasteiger partial charge in [-0.2, -0.15) is 0 Å². The van der Waals surface area contributed by atoms with Crippen LogP contribution in [0, 0.1) is 5.92 Å². The van der Waals surface area contributed by atoms with E-state index in [-0.39, 0.29) is 0 Å². The fourth-order valence-corrected chi connectivity index (χ4v) is 3.27. The van der Waals surface area contributed by atoms with Crippen molar-refractivity contribution in [2.24, 2.45) is 5.92 Å². The zero-order valence-electron chi connectivity index (χ0n) is 19.9. The number of nitrogens with zero attached hydrogens (tertiary/aromatic N) is 1. The van der Waals surface area contributed by atoms with Crippen molar-refractivity contribution >= 4 is 0 Å². The predicted molar refractivity (Wildman–Crippen MR) is 133 cm³/mol. The maximum absolute atomic E-state index is 4.21. The van der Waals surface area contributed by atoms with Crippen LogP contribution in [-0.2, 0) is 0 Å². The quantitative estimate of drug-likeness (QED) is 0.154. The van der Waals surface area contributed by atoms with Gasteiger partial charge in [0, 0.05) is 31.0 Å². The maximum atomic E-state index is 4.21. The third-order valence-electron chi connectivity index (χ3n) is 4.88. The van der Waals surface area contributed by atoms with Gasteiger partial charge in [0.15, 0.2) is 0 Å². The van der Waals surface area contributed by atoms with Crippen LogP contribution in [0.4, 0.5) is 0 Å². The van der Waals surface area contributed by atoms with E-state index in [1.807, 2.05) is 6.08 Å². The summed E-state index contributed by atoms with van der Waals surface area (Å²) >= 11 is 0. The molecule has 2 heteroatoms. The molecule has 0 aliphatic heterocycles. The molecule has 1 atom stereocenters. The van der Waals surface area contributed by atoms with E-state index in [9.17, 15) is 0 Å². The molecule has 0 aliphatic carbocycles. The zero-order chi connectivity index (χ0) is 22.1. The molecule has 0 saturated heterocycles. The van der Waals surface area contributed by atoms with Crippen molar-refractivity contribution in [3.05, 3.63) is 72.7 Å². The molecule has 0 spiro atoms. The van der Waals surface area contributed by atoms with Crippen LogP contribution >= 0.6 is 0 Å². The Morgan fingerprint density at radius 1 is 1.07 bits per heavy atom. The first kappa shape index (κ1) is 27.0. The lowest BCUT2D eigenvalue weighted by molar-refractivity contribution is 0.321. The van der Waals surface area contributed by atoms with Crippen molar-refractivity contribution in [1.29, 1.82) is 0 Å². The van der Waals surface area contributed by atoms with E-state index in [4.69, 9.17) is 0 Å². The minimum atomic E-state index is 0.442. The number of nitrogens with one attached hydrogen (secondary N) is 1. The Morgan fingerprint density at radius 2 is 1.76 bits per heavy atom. The van der Waals surface area contributed by atoms with Gasteiger partial charge in [-0.05, 0) is 50.5 Å². The third-order valence-corrected chi connectivity index (χ3v) is 4.88. The van der Waals surface area contributed by atoms with Gasteiger partial charge in [-0.25, -0.2) is 0 Å². The highest BCUT2D eigenvalue weighted by molar-refractivity contribution is 5.37. The first-order valence-corrected chi connectivity index (χ1v) is 11.4.